The van der Waals surface area contributed by atoms with Crippen molar-refractivity contribution in [1.29, 1.82) is 0 Å². The van der Waals surface area contributed by atoms with E-state index in [4.69, 9.17) is 4.74 Å². The van der Waals surface area contributed by atoms with E-state index in [-0.39, 0.29) is 17.3 Å². The van der Waals surface area contributed by atoms with Crippen LogP contribution in [0.25, 0.3) is 0 Å². The number of thioether (sulfide) groups is 1. The molecule has 0 saturated carbocycles. The predicted molar refractivity (Wildman–Crippen MR) is 86.8 cm³/mol. The number of benzene rings is 1. The maximum atomic E-state index is 12.8. The number of nitrogens with zero attached hydrogens (tertiary/aromatic N) is 3. The van der Waals surface area contributed by atoms with Crippen LogP contribution in [-0.2, 0) is 4.79 Å². The van der Waals surface area contributed by atoms with Crippen molar-refractivity contribution in [3.05, 3.63) is 48.3 Å². The SMILES string of the molecule is COc1ccc(C2SCCN2C(=O)C(C)n2cccn2)cc1. The Hall–Kier alpha value is -1.95. The van der Waals surface area contributed by atoms with Crippen molar-refractivity contribution >= 4 is 17.7 Å². The van der Waals surface area contributed by atoms with E-state index in [1.54, 1.807) is 29.8 Å². The molecule has 2 atom stereocenters. The third-order valence-corrected chi connectivity index (χ3v) is 5.11. The molecule has 1 saturated heterocycles. The molecular weight excluding hydrogens is 298 g/mol. The lowest BCUT2D eigenvalue weighted by Crippen LogP contribution is -2.36. The van der Waals surface area contributed by atoms with E-state index < -0.39 is 0 Å². The molecule has 2 unspecified atom stereocenters. The van der Waals surface area contributed by atoms with Crippen LogP contribution in [-0.4, -0.2) is 40.0 Å². The fourth-order valence-corrected chi connectivity index (χ4v) is 3.87. The Balaban J connectivity index is 1.78. The summed E-state index contributed by atoms with van der Waals surface area (Å²) in [5.41, 5.74) is 1.13. The second-order valence-corrected chi connectivity index (χ2v) is 6.38. The lowest BCUT2D eigenvalue weighted by Gasteiger charge is -2.27. The molecule has 0 aliphatic carbocycles. The summed E-state index contributed by atoms with van der Waals surface area (Å²) in [6.45, 7) is 2.66. The average Bonchev–Trinajstić information content (AvgIpc) is 3.24. The minimum Gasteiger partial charge on any atom is -0.497 e. The van der Waals surface area contributed by atoms with Crippen LogP contribution in [0.1, 0.15) is 23.9 Å². The zero-order chi connectivity index (χ0) is 15.5. The molecule has 0 N–H and O–H groups in total. The van der Waals surface area contributed by atoms with Gasteiger partial charge < -0.3 is 9.64 Å². The van der Waals surface area contributed by atoms with Gasteiger partial charge in [-0.25, -0.2) is 0 Å². The van der Waals surface area contributed by atoms with Crippen molar-refractivity contribution in [2.75, 3.05) is 19.4 Å². The summed E-state index contributed by atoms with van der Waals surface area (Å²) in [7, 11) is 1.65. The molecule has 1 fully saturated rings. The average molecular weight is 317 g/mol. The molecule has 2 heterocycles. The van der Waals surface area contributed by atoms with Crippen molar-refractivity contribution in [3.8, 4) is 5.75 Å². The van der Waals surface area contributed by atoms with Gasteiger partial charge >= 0.3 is 0 Å². The minimum absolute atomic E-state index is 0.0661. The van der Waals surface area contributed by atoms with Crippen LogP contribution < -0.4 is 4.74 Å². The van der Waals surface area contributed by atoms with Gasteiger partial charge in [0, 0.05) is 24.7 Å². The number of ether oxygens (including phenoxy) is 1. The number of hydrogen-bond acceptors (Lipinski definition) is 4. The van der Waals surface area contributed by atoms with E-state index in [0.717, 1.165) is 23.6 Å². The van der Waals surface area contributed by atoms with Gasteiger partial charge in [-0.05, 0) is 30.7 Å². The summed E-state index contributed by atoms with van der Waals surface area (Å²) in [5.74, 6) is 1.89. The molecule has 3 rings (SSSR count). The number of hydrogen-bond donors (Lipinski definition) is 0. The maximum Gasteiger partial charge on any atom is 0.248 e. The minimum atomic E-state index is -0.283. The molecule has 1 aromatic heterocycles. The first-order valence-electron chi connectivity index (χ1n) is 7.26. The van der Waals surface area contributed by atoms with Crippen molar-refractivity contribution < 1.29 is 9.53 Å². The molecule has 5 nitrogen and oxygen atoms in total. The molecule has 2 aromatic rings. The van der Waals surface area contributed by atoms with Crippen molar-refractivity contribution in [2.24, 2.45) is 0 Å². The lowest BCUT2D eigenvalue weighted by molar-refractivity contribution is -0.134. The molecule has 6 heteroatoms. The first-order valence-corrected chi connectivity index (χ1v) is 8.30. The van der Waals surface area contributed by atoms with Crippen molar-refractivity contribution in [2.45, 2.75) is 18.3 Å². The Kier molecular flexibility index (Phi) is 4.38. The maximum absolute atomic E-state index is 12.8. The largest absolute Gasteiger partial charge is 0.497 e. The van der Waals surface area contributed by atoms with Gasteiger partial charge in [0.25, 0.3) is 0 Å². The van der Waals surface area contributed by atoms with Gasteiger partial charge in [0.05, 0.1) is 7.11 Å². The molecule has 1 aliphatic rings. The predicted octanol–water partition coefficient (Wildman–Crippen LogP) is 2.73. The van der Waals surface area contributed by atoms with Crippen LogP contribution in [0, 0.1) is 0 Å². The highest BCUT2D eigenvalue weighted by Gasteiger charge is 2.33. The van der Waals surface area contributed by atoms with Gasteiger partial charge in [-0.3, -0.25) is 9.48 Å². The number of carbonyl (C=O) groups is 1. The monoisotopic (exact) mass is 317 g/mol. The molecule has 0 bridgehead atoms. The van der Waals surface area contributed by atoms with E-state index >= 15 is 0 Å². The number of methoxy groups -OCH3 is 1. The molecule has 22 heavy (non-hydrogen) atoms. The zero-order valence-corrected chi connectivity index (χ0v) is 13.5. The number of aromatic nitrogens is 2. The highest BCUT2D eigenvalue weighted by atomic mass is 32.2. The first kappa shape index (κ1) is 15.0. The summed E-state index contributed by atoms with van der Waals surface area (Å²) in [4.78, 5) is 14.7. The van der Waals surface area contributed by atoms with Crippen LogP contribution >= 0.6 is 11.8 Å². The standard InChI is InChI=1S/C16H19N3O2S/c1-12(19-9-3-8-17-19)15(20)18-10-11-22-16(18)13-4-6-14(21-2)7-5-13/h3-9,12,16H,10-11H2,1-2H3. The third kappa shape index (κ3) is 2.83. The summed E-state index contributed by atoms with van der Waals surface area (Å²) >= 11 is 1.79. The quantitative estimate of drug-likeness (QED) is 0.870. The van der Waals surface area contributed by atoms with E-state index in [1.807, 2.05) is 48.4 Å². The Morgan fingerprint density at radius 1 is 1.41 bits per heavy atom. The fraction of sp³-hybridized carbons (Fsp3) is 0.375. The Morgan fingerprint density at radius 2 is 2.18 bits per heavy atom. The van der Waals surface area contributed by atoms with E-state index in [1.165, 1.54) is 0 Å². The Morgan fingerprint density at radius 3 is 2.82 bits per heavy atom. The van der Waals surface area contributed by atoms with Gasteiger partial charge in [0.2, 0.25) is 5.91 Å². The highest BCUT2D eigenvalue weighted by Crippen LogP contribution is 2.39. The zero-order valence-electron chi connectivity index (χ0n) is 12.7. The smallest absolute Gasteiger partial charge is 0.248 e. The van der Waals surface area contributed by atoms with Crippen LogP contribution in [0.3, 0.4) is 0 Å². The van der Waals surface area contributed by atoms with E-state index in [9.17, 15) is 4.79 Å². The highest BCUT2D eigenvalue weighted by molar-refractivity contribution is 7.99. The summed E-state index contributed by atoms with van der Waals surface area (Å²) in [6, 6.07) is 9.49. The van der Waals surface area contributed by atoms with Crippen molar-refractivity contribution in [3.63, 3.8) is 0 Å². The first-order chi connectivity index (χ1) is 10.7. The molecule has 0 spiro atoms. The van der Waals surface area contributed by atoms with Crippen LogP contribution in [0.15, 0.2) is 42.7 Å². The van der Waals surface area contributed by atoms with Crippen LogP contribution in [0.5, 0.6) is 5.75 Å². The molecule has 1 aliphatic heterocycles. The molecular formula is C16H19N3O2S. The molecule has 1 amide bonds. The van der Waals surface area contributed by atoms with Crippen molar-refractivity contribution in [1.82, 2.24) is 14.7 Å². The third-order valence-electron chi connectivity index (χ3n) is 3.85. The number of carbonyl (C=O) groups excluding carboxylic acids is 1. The lowest BCUT2D eigenvalue weighted by atomic mass is 10.2. The molecule has 1 aromatic carbocycles. The number of rotatable bonds is 4. The van der Waals surface area contributed by atoms with Gasteiger partial charge in [-0.1, -0.05) is 12.1 Å². The Bertz CT molecular complexity index is 627. The van der Waals surface area contributed by atoms with Gasteiger partial charge in [0.1, 0.15) is 17.2 Å². The van der Waals surface area contributed by atoms with Gasteiger partial charge in [0.15, 0.2) is 0 Å². The Labute approximate surface area is 134 Å². The summed E-state index contributed by atoms with van der Waals surface area (Å²) < 4.78 is 6.90. The van der Waals surface area contributed by atoms with E-state index in [2.05, 4.69) is 5.10 Å². The number of amides is 1. The summed E-state index contributed by atoms with van der Waals surface area (Å²) in [6.07, 6.45) is 3.53. The topological polar surface area (TPSA) is 47.4 Å². The van der Waals surface area contributed by atoms with E-state index in [0.29, 0.717) is 0 Å². The second-order valence-electron chi connectivity index (χ2n) is 5.19. The fourth-order valence-electron chi connectivity index (χ4n) is 2.60. The summed E-state index contributed by atoms with van der Waals surface area (Å²) in [5, 5.41) is 4.24. The van der Waals surface area contributed by atoms with Gasteiger partial charge in [-0.15, -0.1) is 11.8 Å². The molecule has 0 radical (unpaired) electrons. The second kappa shape index (κ2) is 6.44. The normalized spacial score (nSPS) is 19.2. The van der Waals surface area contributed by atoms with Gasteiger partial charge in [-0.2, -0.15) is 5.10 Å². The molecule has 116 valence electrons. The van der Waals surface area contributed by atoms with Crippen LogP contribution in [0.2, 0.25) is 0 Å². The van der Waals surface area contributed by atoms with Crippen LogP contribution in [0.4, 0.5) is 0 Å².